The zero-order chi connectivity index (χ0) is 11.7. The summed E-state index contributed by atoms with van der Waals surface area (Å²) in [6, 6.07) is 8.01. The summed E-state index contributed by atoms with van der Waals surface area (Å²) in [6.07, 6.45) is 3.65. The minimum Gasteiger partial charge on any atom is -0.306 e. The van der Waals surface area contributed by atoms with Crippen molar-refractivity contribution >= 4 is 24.1 Å². The molecule has 2 amide bonds. The van der Waals surface area contributed by atoms with E-state index in [1.165, 1.54) is 24.8 Å². The molecule has 2 aliphatic heterocycles. The number of carbonyl (C=O) groups excluding carboxylic acids is 1. The summed E-state index contributed by atoms with van der Waals surface area (Å²) < 4.78 is 0. The molecule has 0 unspecified atom stereocenters. The van der Waals surface area contributed by atoms with Gasteiger partial charge in [0, 0.05) is 18.8 Å². The molecule has 2 heterocycles. The van der Waals surface area contributed by atoms with Gasteiger partial charge in [0.1, 0.15) is 0 Å². The van der Waals surface area contributed by atoms with Gasteiger partial charge in [-0.25, -0.2) is 9.80 Å². The number of hydrazine groups is 1. The highest BCUT2D eigenvalue weighted by molar-refractivity contribution is 5.91. The van der Waals surface area contributed by atoms with E-state index in [4.69, 9.17) is 0 Å². The fraction of sp³-hybridized carbons (Fsp3) is 0.462. The molecule has 0 aromatic heterocycles. The maximum absolute atomic E-state index is 12.0. The predicted octanol–water partition coefficient (Wildman–Crippen LogP) is 2.86. The van der Waals surface area contributed by atoms with Gasteiger partial charge in [-0.3, -0.25) is 5.01 Å². The highest BCUT2D eigenvalue weighted by atomic mass is 35.5. The molecule has 1 fully saturated rings. The highest BCUT2D eigenvalue weighted by Gasteiger charge is 2.27. The van der Waals surface area contributed by atoms with Gasteiger partial charge < -0.3 is 5.32 Å². The lowest BCUT2D eigenvalue weighted by molar-refractivity contribution is -0.00442. The molecule has 0 saturated carbocycles. The van der Waals surface area contributed by atoms with Crippen LogP contribution in [0.4, 0.5) is 10.5 Å². The molecule has 0 bridgehead atoms. The molecule has 4 nitrogen and oxygen atoms in total. The molecule has 1 aromatic carbocycles. The number of piperidine rings is 1. The number of hydrogen-bond acceptors (Lipinski definition) is 2. The fourth-order valence-electron chi connectivity index (χ4n) is 2.54. The number of halogens is 1. The van der Waals surface area contributed by atoms with Crippen LogP contribution in [0, 0.1) is 0 Å². The molecular formula is C13H18ClN3O. The maximum Gasteiger partial charge on any atom is 0.336 e. The number of para-hydroxylation sites is 1. The van der Waals surface area contributed by atoms with Gasteiger partial charge in [0.05, 0.1) is 6.54 Å². The molecule has 0 radical (unpaired) electrons. The maximum atomic E-state index is 12.0. The summed E-state index contributed by atoms with van der Waals surface area (Å²) in [6.45, 7) is 2.69. The molecule has 2 aliphatic rings. The van der Waals surface area contributed by atoms with Crippen LogP contribution in [-0.4, -0.2) is 29.1 Å². The van der Waals surface area contributed by atoms with Crippen molar-refractivity contribution in [2.75, 3.05) is 18.4 Å². The Morgan fingerprint density at radius 1 is 1.06 bits per heavy atom. The van der Waals surface area contributed by atoms with Crippen molar-refractivity contribution in [2.24, 2.45) is 0 Å². The molecule has 1 aromatic rings. The number of nitrogens with one attached hydrogen (secondary N) is 1. The van der Waals surface area contributed by atoms with Crippen LogP contribution >= 0.6 is 12.4 Å². The monoisotopic (exact) mass is 267 g/mol. The molecule has 0 spiro atoms. The quantitative estimate of drug-likeness (QED) is 0.849. The van der Waals surface area contributed by atoms with Gasteiger partial charge in [0.15, 0.2) is 0 Å². The third-order valence-electron chi connectivity index (χ3n) is 3.49. The standard InChI is InChI=1S/C13H17N3O.ClH/c17-13-14-12-7-3-2-6-11(12)10-16(13)15-8-4-1-5-9-15;/h2-3,6-7H,1,4-5,8-10H2,(H,14,17);1H. The number of benzene rings is 1. The van der Waals surface area contributed by atoms with E-state index in [-0.39, 0.29) is 18.4 Å². The predicted molar refractivity (Wildman–Crippen MR) is 73.7 cm³/mol. The van der Waals surface area contributed by atoms with E-state index in [1.807, 2.05) is 23.2 Å². The molecule has 18 heavy (non-hydrogen) atoms. The topological polar surface area (TPSA) is 35.6 Å². The average Bonchev–Trinajstić information content (AvgIpc) is 2.39. The summed E-state index contributed by atoms with van der Waals surface area (Å²) in [7, 11) is 0. The Hall–Kier alpha value is -1.26. The van der Waals surface area contributed by atoms with Crippen molar-refractivity contribution < 1.29 is 4.79 Å². The van der Waals surface area contributed by atoms with Gasteiger partial charge in [-0.2, -0.15) is 0 Å². The lowest BCUT2D eigenvalue weighted by Gasteiger charge is -2.39. The number of fused-ring (bicyclic) bond motifs is 1. The van der Waals surface area contributed by atoms with Crippen LogP contribution in [0.5, 0.6) is 0 Å². The second-order valence-corrected chi connectivity index (χ2v) is 4.66. The lowest BCUT2D eigenvalue weighted by atomic mass is 10.1. The van der Waals surface area contributed by atoms with Crippen LogP contribution in [0.25, 0.3) is 0 Å². The zero-order valence-corrected chi connectivity index (χ0v) is 11.1. The summed E-state index contributed by atoms with van der Waals surface area (Å²) in [5.74, 6) is 0. The van der Waals surface area contributed by atoms with Crippen molar-refractivity contribution in [3.05, 3.63) is 29.8 Å². The third kappa shape index (κ3) is 2.44. The van der Waals surface area contributed by atoms with Crippen molar-refractivity contribution in [3.63, 3.8) is 0 Å². The van der Waals surface area contributed by atoms with Crippen LogP contribution in [0.2, 0.25) is 0 Å². The fourth-order valence-corrected chi connectivity index (χ4v) is 2.54. The van der Waals surface area contributed by atoms with E-state index in [1.54, 1.807) is 0 Å². The number of amides is 2. The Balaban J connectivity index is 0.00000120. The minimum absolute atomic E-state index is 0. The van der Waals surface area contributed by atoms with Gasteiger partial charge in [0.25, 0.3) is 0 Å². The second kappa shape index (κ2) is 5.59. The Morgan fingerprint density at radius 3 is 2.56 bits per heavy atom. The molecule has 0 atom stereocenters. The van der Waals surface area contributed by atoms with Crippen molar-refractivity contribution in [1.82, 2.24) is 10.0 Å². The Morgan fingerprint density at radius 2 is 1.78 bits per heavy atom. The van der Waals surface area contributed by atoms with Gasteiger partial charge in [-0.15, -0.1) is 12.4 Å². The van der Waals surface area contributed by atoms with Crippen LogP contribution in [0.15, 0.2) is 24.3 Å². The summed E-state index contributed by atoms with van der Waals surface area (Å²) >= 11 is 0. The Bertz CT molecular complexity index is 432. The average molecular weight is 268 g/mol. The van der Waals surface area contributed by atoms with E-state index >= 15 is 0 Å². The second-order valence-electron chi connectivity index (χ2n) is 4.66. The zero-order valence-electron chi connectivity index (χ0n) is 10.3. The van der Waals surface area contributed by atoms with Crippen molar-refractivity contribution in [1.29, 1.82) is 0 Å². The van der Waals surface area contributed by atoms with Gasteiger partial charge in [-0.05, 0) is 24.5 Å². The van der Waals surface area contributed by atoms with E-state index < -0.39 is 0 Å². The molecule has 5 heteroatoms. The summed E-state index contributed by atoms with van der Waals surface area (Å²) in [5.41, 5.74) is 2.14. The SMILES string of the molecule is Cl.O=C1Nc2ccccc2CN1N1CCCCC1. The first-order chi connectivity index (χ1) is 8.34. The minimum atomic E-state index is 0. The first-order valence-electron chi connectivity index (χ1n) is 6.26. The van der Waals surface area contributed by atoms with Crippen molar-refractivity contribution in [3.8, 4) is 0 Å². The van der Waals surface area contributed by atoms with Gasteiger partial charge >= 0.3 is 6.03 Å². The van der Waals surface area contributed by atoms with E-state index in [0.717, 1.165) is 18.8 Å². The smallest absolute Gasteiger partial charge is 0.306 e. The molecule has 1 saturated heterocycles. The first-order valence-corrected chi connectivity index (χ1v) is 6.26. The van der Waals surface area contributed by atoms with Crippen LogP contribution < -0.4 is 5.32 Å². The molecule has 0 aliphatic carbocycles. The molecule has 1 N–H and O–H groups in total. The number of hydrogen-bond donors (Lipinski definition) is 1. The number of carbonyl (C=O) groups is 1. The third-order valence-corrected chi connectivity index (χ3v) is 3.49. The molecule has 98 valence electrons. The normalized spacial score (nSPS) is 19.8. The Labute approximate surface area is 113 Å². The number of urea groups is 1. The number of rotatable bonds is 1. The summed E-state index contributed by atoms with van der Waals surface area (Å²) in [5, 5.41) is 6.98. The van der Waals surface area contributed by atoms with E-state index in [0.29, 0.717) is 6.54 Å². The number of anilines is 1. The highest BCUT2D eigenvalue weighted by Crippen LogP contribution is 2.25. The lowest BCUT2D eigenvalue weighted by Crippen LogP contribution is -2.51. The van der Waals surface area contributed by atoms with Crippen LogP contribution in [-0.2, 0) is 6.54 Å². The largest absolute Gasteiger partial charge is 0.336 e. The van der Waals surface area contributed by atoms with E-state index in [9.17, 15) is 4.79 Å². The van der Waals surface area contributed by atoms with Crippen molar-refractivity contribution in [2.45, 2.75) is 25.8 Å². The Kier molecular flexibility index (Phi) is 4.09. The van der Waals surface area contributed by atoms with Gasteiger partial charge in [0.2, 0.25) is 0 Å². The number of nitrogens with zero attached hydrogens (tertiary/aromatic N) is 2. The van der Waals surface area contributed by atoms with Crippen LogP contribution in [0.3, 0.4) is 0 Å². The van der Waals surface area contributed by atoms with Gasteiger partial charge in [-0.1, -0.05) is 24.6 Å². The first kappa shape index (κ1) is 13.2. The molecule has 3 rings (SSSR count). The summed E-state index contributed by atoms with van der Waals surface area (Å²) in [4.78, 5) is 12.0. The molecular weight excluding hydrogens is 250 g/mol. The van der Waals surface area contributed by atoms with E-state index in [2.05, 4.69) is 16.4 Å². The van der Waals surface area contributed by atoms with Crippen LogP contribution in [0.1, 0.15) is 24.8 Å².